The summed E-state index contributed by atoms with van der Waals surface area (Å²) in [6.07, 6.45) is 14.7. The normalized spacial score (nSPS) is 16.4. The molecule has 0 unspecified atom stereocenters. The minimum Gasteiger partial charge on any atom is -0.497 e. The van der Waals surface area contributed by atoms with Gasteiger partial charge < -0.3 is 14.6 Å². The van der Waals surface area contributed by atoms with E-state index in [1.807, 2.05) is 12.1 Å². The van der Waals surface area contributed by atoms with Crippen LogP contribution in [0.25, 0.3) is 22.0 Å². The van der Waals surface area contributed by atoms with E-state index in [4.69, 9.17) is 9.72 Å². The van der Waals surface area contributed by atoms with Crippen molar-refractivity contribution < 1.29 is 9.53 Å². The number of nitrogens with one attached hydrogen (secondary N) is 1. The molecule has 5 rings (SSSR count). The minimum absolute atomic E-state index is 0.0307. The third kappa shape index (κ3) is 6.18. The van der Waals surface area contributed by atoms with Crippen LogP contribution in [0.4, 0.5) is 0 Å². The van der Waals surface area contributed by atoms with E-state index in [1.165, 1.54) is 63.4 Å². The first-order valence-electron chi connectivity index (χ1n) is 13.9. The maximum absolute atomic E-state index is 13.3. The second kappa shape index (κ2) is 12.1. The molecule has 0 bridgehead atoms. The Hall–Kier alpha value is -2.86. The molecule has 1 aromatic carbocycles. The predicted molar refractivity (Wildman–Crippen MR) is 152 cm³/mol. The third-order valence-corrected chi connectivity index (χ3v) is 8.89. The quantitative estimate of drug-likeness (QED) is 0.295. The molecule has 6 heteroatoms. The number of benzene rings is 1. The van der Waals surface area contributed by atoms with Crippen molar-refractivity contribution in [3.63, 3.8) is 0 Å². The first kappa shape index (κ1) is 25.8. The summed E-state index contributed by atoms with van der Waals surface area (Å²) in [7, 11) is 1.68. The van der Waals surface area contributed by atoms with Crippen molar-refractivity contribution >= 4 is 17.2 Å². The van der Waals surface area contributed by atoms with E-state index < -0.39 is 0 Å². The summed E-state index contributed by atoms with van der Waals surface area (Å²) in [5, 5.41) is 6.31. The van der Waals surface area contributed by atoms with Crippen LogP contribution in [-0.2, 0) is 6.54 Å². The smallest absolute Gasteiger partial charge is 0.253 e. The molecule has 0 aliphatic heterocycles. The SMILES string of the molecule is COc1ccc(-c2nc(-c3cc(C(=O)NCCC4=CCCCC4)c(C)n3CC3CCCCC3)cs2)cc1. The molecule has 1 amide bonds. The van der Waals surface area contributed by atoms with E-state index in [1.54, 1.807) is 18.4 Å². The van der Waals surface area contributed by atoms with Crippen LogP contribution >= 0.6 is 11.3 Å². The second-order valence-corrected chi connectivity index (χ2v) is 11.4. The lowest BCUT2D eigenvalue weighted by Gasteiger charge is -2.24. The molecule has 1 saturated carbocycles. The highest BCUT2D eigenvalue weighted by Gasteiger charge is 2.23. The molecule has 3 aromatic rings. The zero-order valence-electron chi connectivity index (χ0n) is 22.2. The van der Waals surface area contributed by atoms with E-state index in [2.05, 4.69) is 46.5 Å². The van der Waals surface area contributed by atoms with Gasteiger partial charge in [-0.15, -0.1) is 11.3 Å². The van der Waals surface area contributed by atoms with Crippen LogP contribution in [0.3, 0.4) is 0 Å². The Kier molecular flexibility index (Phi) is 8.45. The largest absolute Gasteiger partial charge is 0.497 e. The number of carbonyl (C=O) groups excluding carboxylic acids is 1. The van der Waals surface area contributed by atoms with Crippen molar-refractivity contribution in [2.75, 3.05) is 13.7 Å². The number of allylic oxidation sites excluding steroid dienone is 1. The summed E-state index contributed by atoms with van der Waals surface area (Å²) in [4.78, 5) is 18.3. The van der Waals surface area contributed by atoms with Gasteiger partial charge in [-0.05, 0) is 88.1 Å². The zero-order valence-corrected chi connectivity index (χ0v) is 23.0. The van der Waals surface area contributed by atoms with E-state index in [-0.39, 0.29) is 5.91 Å². The maximum atomic E-state index is 13.3. The van der Waals surface area contributed by atoms with E-state index in [0.717, 1.165) is 51.9 Å². The van der Waals surface area contributed by atoms with Crippen molar-refractivity contribution in [1.82, 2.24) is 14.9 Å². The summed E-state index contributed by atoms with van der Waals surface area (Å²) in [6, 6.07) is 10.1. The molecule has 37 heavy (non-hydrogen) atoms. The summed E-state index contributed by atoms with van der Waals surface area (Å²) < 4.78 is 7.67. The van der Waals surface area contributed by atoms with Gasteiger partial charge in [-0.25, -0.2) is 4.98 Å². The Balaban J connectivity index is 1.39. The topological polar surface area (TPSA) is 56.1 Å². The van der Waals surface area contributed by atoms with Crippen LogP contribution in [0.1, 0.15) is 80.3 Å². The van der Waals surface area contributed by atoms with Gasteiger partial charge in [0.2, 0.25) is 0 Å². The van der Waals surface area contributed by atoms with Gasteiger partial charge in [0.1, 0.15) is 10.8 Å². The predicted octanol–water partition coefficient (Wildman–Crippen LogP) is 7.80. The van der Waals surface area contributed by atoms with E-state index in [9.17, 15) is 4.79 Å². The summed E-state index contributed by atoms with van der Waals surface area (Å²) in [5.74, 6) is 1.53. The average Bonchev–Trinajstić information content (AvgIpc) is 3.55. The van der Waals surface area contributed by atoms with Crippen LogP contribution in [0.2, 0.25) is 0 Å². The van der Waals surface area contributed by atoms with E-state index >= 15 is 0 Å². The van der Waals surface area contributed by atoms with Gasteiger partial charge in [-0.2, -0.15) is 0 Å². The van der Waals surface area contributed by atoms with E-state index in [0.29, 0.717) is 12.5 Å². The number of hydrogen-bond donors (Lipinski definition) is 1. The number of nitrogens with zero attached hydrogens (tertiary/aromatic N) is 2. The number of hydrogen-bond acceptors (Lipinski definition) is 4. The molecule has 1 N–H and O–H groups in total. The van der Waals surface area contributed by atoms with Gasteiger partial charge in [0.25, 0.3) is 5.91 Å². The highest BCUT2D eigenvalue weighted by Crippen LogP contribution is 2.34. The molecule has 0 radical (unpaired) electrons. The van der Waals surface area contributed by atoms with Crippen LogP contribution in [-0.4, -0.2) is 29.1 Å². The van der Waals surface area contributed by atoms with Crippen molar-refractivity contribution in [2.24, 2.45) is 5.92 Å². The standard InChI is InChI=1S/C31H39N3O2S/c1-22-27(30(35)32-18-17-23-9-5-3-6-10-23)19-29(34(22)20-24-11-7-4-8-12-24)28-21-37-31(33-28)25-13-15-26(36-2)16-14-25/h9,13-16,19,21,24H,3-8,10-12,17-18,20H2,1-2H3,(H,32,35). The first-order chi connectivity index (χ1) is 18.1. The van der Waals surface area contributed by atoms with Crippen LogP contribution in [0.5, 0.6) is 5.75 Å². The Labute approximate surface area is 225 Å². The first-order valence-corrected chi connectivity index (χ1v) is 14.8. The number of amides is 1. The monoisotopic (exact) mass is 517 g/mol. The molecule has 2 aliphatic carbocycles. The molecule has 0 saturated heterocycles. The summed E-state index contributed by atoms with van der Waals surface area (Å²) in [6.45, 7) is 3.75. The fourth-order valence-corrected chi connectivity index (χ4v) is 6.59. The fraction of sp³-hybridized carbons (Fsp3) is 0.484. The molecule has 0 atom stereocenters. The number of carbonyl (C=O) groups is 1. The molecule has 5 nitrogen and oxygen atoms in total. The maximum Gasteiger partial charge on any atom is 0.253 e. The Morgan fingerprint density at radius 2 is 1.95 bits per heavy atom. The molecular weight excluding hydrogens is 478 g/mol. The van der Waals surface area contributed by atoms with Gasteiger partial charge in [-0.3, -0.25) is 4.79 Å². The molecule has 2 aromatic heterocycles. The van der Waals surface area contributed by atoms with Crippen molar-refractivity contribution in [3.8, 4) is 27.7 Å². The molecular formula is C31H39N3O2S. The molecule has 0 spiro atoms. The van der Waals surface area contributed by atoms with Gasteiger partial charge >= 0.3 is 0 Å². The Bertz CT molecular complexity index is 1230. The Morgan fingerprint density at radius 3 is 2.68 bits per heavy atom. The molecule has 2 heterocycles. The molecule has 196 valence electrons. The van der Waals surface area contributed by atoms with Crippen LogP contribution in [0.15, 0.2) is 47.4 Å². The van der Waals surface area contributed by atoms with Gasteiger partial charge in [-0.1, -0.05) is 30.9 Å². The average molecular weight is 518 g/mol. The highest BCUT2D eigenvalue weighted by molar-refractivity contribution is 7.13. The lowest BCUT2D eigenvalue weighted by molar-refractivity contribution is 0.0953. The van der Waals surface area contributed by atoms with Gasteiger partial charge in [0, 0.05) is 29.7 Å². The van der Waals surface area contributed by atoms with Crippen LogP contribution < -0.4 is 10.1 Å². The number of rotatable bonds is 9. The third-order valence-electron chi connectivity index (χ3n) is 8.00. The summed E-state index contributed by atoms with van der Waals surface area (Å²) in [5.41, 5.74) is 6.40. The fourth-order valence-electron chi connectivity index (χ4n) is 5.77. The Morgan fingerprint density at radius 1 is 1.14 bits per heavy atom. The van der Waals surface area contributed by atoms with Crippen molar-refractivity contribution in [2.45, 2.75) is 77.7 Å². The zero-order chi connectivity index (χ0) is 25.6. The summed E-state index contributed by atoms with van der Waals surface area (Å²) >= 11 is 1.65. The minimum atomic E-state index is 0.0307. The van der Waals surface area contributed by atoms with Crippen LogP contribution in [0, 0.1) is 12.8 Å². The number of thiazole rings is 1. The van der Waals surface area contributed by atoms with Gasteiger partial charge in [0.15, 0.2) is 0 Å². The highest BCUT2D eigenvalue weighted by atomic mass is 32.1. The molecule has 2 aliphatic rings. The number of ether oxygens (including phenoxy) is 1. The number of methoxy groups -OCH3 is 1. The van der Waals surface area contributed by atoms with Crippen molar-refractivity contribution in [1.29, 1.82) is 0 Å². The van der Waals surface area contributed by atoms with Gasteiger partial charge in [0.05, 0.1) is 24.1 Å². The van der Waals surface area contributed by atoms with Crippen molar-refractivity contribution in [3.05, 3.63) is 58.6 Å². The lowest BCUT2D eigenvalue weighted by Crippen LogP contribution is -2.25. The molecule has 1 fully saturated rings. The number of aromatic nitrogens is 2. The lowest BCUT2D eigenvalue weighted by atomic mass is 9.89. The second-order valence-electron chi connectivity index (χ2n) is 10.5.